The molecule has 1 amide bonds. The quantitative estimate of drug-likeness (QED) is 0.741. The van der Waals surface area contributed by atoms with Crippen molar-refractivity contribution in [3.63, 3.8) is 0 Å². The zero-order chi connectivity index (χ0) is 14.3. The molecule has 0 heterocycles. The number of hydrogen-bond donors (Lipinski definition) is 0. The first-order chi connectivity index (χ1) is 9.08. The summed E-state index contributed by atoms with van der Waals surface area (Å²) in [7, 11) is 0. The molecule has 1 rings (SSSR count). The number of aryl methyl sites for hydroxylation is 1. The van der Waals surface area contributed by atoms with Crippen LogP contribution < -0.4 is 0 Å². The minimum Gasteiger partial charge on any atom is -0.343 e. The fraction of sp³-hybridized carbons (Fsp3) is 0.533. The Morgan fingerprint density at radius 3 is 2.26 bits per heavy atom. The summed E-state index contributed by atoms with van der Waals surface area (Å²) in [5, 5.41) is 0. The summed E-state index contributed by atoms with van der Waals surface area (Å²) in [4.78, 5) is 13.8. The maximum absolute atomic E-state index is 13.0. The Hall–Kier alpha value is -1.45. The van der Waals surface area contributed by atoms with Gasteiger partial charge in [0, 0.05) is 19.5 Å². The number of halogens is 2. The van der Waals surface area contributed by atoms with Gasteiger partial charge in [0.25, 0.3) is 0 Å². The van der Waals surface area contributed by atoms with Crippen LogP contribution in [0.1, 0.15) is 38.7 Å². The van der Waals surface area contributed by atoms with E-state index in [2.05, 4.69) is 0 Å². The average Bonchev–Trinajstić information content (AvgIpc) is 2.39. The molecular formula is C15H21F2NO. The molecule has 1 aromatic carbocycles. The van der Waals surface area contributed by atoms with Crippen molar-refractivity contribution >= 4 is 5.91 Å². The van der Waals surface area contributed by atoms with E-state index in [0.29, 0.717) is 18.4 Å². The Kier molecular flexibility index (Phi) is 6.46. The molecule has 0 fully saturated rings. The van der Waals surface area contributed by atoms with Gasteiger partial charge in [0.15, 0.2) is 11.6 Å². The molecule has 0 aliphatic heterocycles. The third-order valence-corrected chi connectivity index (χ3v) is 2.95. The van der Waals surface area contributed by atoms with Crippen molar-refractivity contribution in [2.24, 2.45) is 0 Å². The summed E-state index contributed by atoms with van der Waals surface area (Å²) in [6.45, 7) is 5.57. The summed E-state index contributed by atoms with van der Waals surface area (Å²) < 4.78 is 25.8. The normalized spacial score (nSPS) is 10.5. The van der Waals surface area contributed by atoms with E-state index in [1.807, 2.05) is 18.7 Å². The zero-order valence-corrected chi connectivity index (χ0v) is 11.6. The highest BCUT2D eigenvalue weighted by Crippen LogP contribution is 2.11. The second kappa shape index (κ2) is 7.87. The minimum absolute atomic E-state index is 0.0773. The van der Waals surface area contributed by atoms with Gasteiger partial charge in [-0.3, -0.25) is 4.79 Å². The summed E-state index contributed by atoms with van der Waals surface area (Å²) >= 11 is 0. The lowest BCUT2D eigenvalue weighted by Gasteiger charge is -2.21. The smallest absolute Gasteiger partial charge is 0.222 e. The van der Waals surface area contributed by atoms with Crippen molar-refractivity contribution < 1.29 is 13.6 Å². The highest BCUT2D eigenvalue weighted by atomic mass is 19.2. The van der Waals surface area contributed by atoms with Crippen LogP contribution in [0.5, 0.6) is 0 Å². The number of carbonyl (C=O) groups excluding carboxylic acids is 1. The van der Waals surface area contributed by atoms with Gasteiger partial charge < -0.3 is 4.90 Å². The Bertz CT molecular complexity index is 415. The Morgan fingerprint density at radius 1 is 1.11 bits per heavy atom. The molecule has 2 nitrogen and oxygen atoms in total. The fourth-order valence-corrected chi connectivity index (χ4v) is 2.01. The van der Waals surface area contributed by atoms with Gasteiger partial charge in [-0.15, -0.1) is 0 Å². The molecule has 0 atom stereocenters. The molecule has 0 radical (unpaired) electrons. The molecule has 0 saturated heterocycles. The van der Waals surface area contributed by atoms with Crippen molar-refractivity contribution in [2.75, 3.05) is 13.1 Å². The molecule has 106 valence electrons. The SMILES string of the molecule is CCCN(CCC)C(=O)CCc1ccc(F)c(F)c1. The van der Waals surface area contributed by atoms with Gasteiger partial charge in [0.1, 0.15) is 0 Å². The molecule has 0 saturated carbocycles. The number of hydrogen-bond acceptors (Lipinski definition) is 1. The molecule has 0 aliphatic rings. The largest absolute Gasteiger partial charge is 0.343 e. The predicted molar refractivity (Wildman–Crippen MR) is 71.8 cm³/mol. The van der Waals surface area contributed by atoms with E-state index in [1.54, 1.807) is 0 Å². The standard InChI is InChI=1S/C15H21F2NO/c1-3-9-18(10-4-2)15(19)8-6-12-5-7-13(16)14(17)11-12/h5,7,11H,3-4,6,8-10H2,1-2H3. The van der Waals surface area contributed by atoms with Gasteiger partial charge in [-0.1, -0.05) is 19.9 Å². The summed E-state index contributed by atoms with van der Waals surface area (Å²) in [6, 6.07) is 3.78. The van der Waals surface area contributed by atoms with E-state index in [0.717, 1.165) is 38.1 Å². The van der Waals surface area contributed by atoms with Gasteiger partial charge in [-0.05, 0) is 37.0 Å². The van der Waals surface area contributed by atoms with Crippen LogP contribution in [0.15, 0.2) is 18.2 Å². The lowest BCUT2D eigenvalue weighted by Crippen LogP contribution is -2.32. The van der Waals surface area contributed by atoms with Crippen LogP contribution in [-0.4, -0.2) is 23.9 Å². The maximum Gasteiger partial charge on any atom is 0.222 e. The van der Waals surface area contributed by atoms with E-state index >= 15 is 0 Å². The molecule has 0 bridgehead atoms. The van der Waals surface area contributed by atoms with Crippen LogP contribution in [0.25, 0.3) is 0 Å². The molecule has 1 aromatic rings. The maximum atomic E-state index is 13.0. The Morgan fingerprint density at radius 2 is 1.74 bits per heavy atom. The first-order valence-corrected chi connectivity index (χ1v) is 6.80. The highest BCUT2D eigenvalue weighted by molar-refractivity contribution is 5.76. The van der Waals surface area contributed by atoms with Gasteiger partial charge in [-0.2, -0.15) is 0 Å². The lowest BCUT2D eigenvalue weighted by atomic mass is 10.1. The number of nitrogens with zero attached hydrogens (tertiary/aromatic N) is 1. The van der Waals surface area contributed by atoms with Gasteiger partial charge >= 0.3 is 0 Å². The van der Waals surface area contributed by atoms with E-state index in [9.17, 15) is 13.6 Å². The molecule has 0 N–H and O–H groups in total. The number of carbonyl (C=O) groups is 1. The van der Waals surface area contributed by atoms with E-state index in [4.69, 9.17) is 0 Å². The predicted octanol–water partition coefficient (Wildman–Crippen LogP) is 3.55. The van der Waals surface area contributed by atoms with E-state index in [-0.39, 0.29) is 5.91 Å². The molecule has 0 unspecified atom stereocenters. The summed E-state index contributed by atoms with van der Waals surface area (Å²) in [6.07, 6.45) is 2.64. The molecule has 19 heavy (non-hydrogen) atoms. The van der Waals surface area contributed by atoms with Crippen molar-refractivity contribution in [1.82, 2.24) is 4.90 Å². The number of rotatable bonds is 7. The monoisotopic (exact) mass is 269 g/mol. The second-order valence-electron chi connectivity index (χ2n) is 4.63. The van der Waals surface area contributed by atoms with Gasteiger partial charge in [0.05, 0.1) is 0 Å². The molecule has 0 aromatic heterocycles. The summed E-state index contributed by atoms with van der Waals surface area (Å²) in [5.41, 5.74) is 0.653. The first-order valence-electron chi connectivity index (χ1n) is 6.80. The molecular weight excluding hydrogens is 248 g/mol. The highest BCUT2D eigenvalue weighted by Gasteiger charge is 2.12. The Labute approximate surface area is 113 Å². The average molecular weight is 269 g/mol. The summed E-state index contributed by atoms with van der Waals surface area (Å²) in [5.74, 6) is -1.63. The van der Waals surface area contributed by atoms with Crippen LogP contribution in [-0.2, 0) is 11.2 Å². The minimum atomic E-state index is -0.857. The van der Waals surface area contributed by atoms with E-state index < -0.39 is 11.6 Å². The van der Waals surface area contributed by atoms with Crippen LogP contribution in [0.3, 0.4) is 0 Å². The third-order valence-electron chi connectivity index (χ3n) is 2.95. The zero-order valence-electron chi connectivity index (χ0n) is 11.6. The van der Waals surface area contributed by atoms with Gasteiger partial charge in [0.2, 0.25) is 5.91 Å². The van der Waals surface area contributed by atoms with Gasteiger partial charge in [-0.25, -0.2) is 8.78 Å². The van der Waals surface area contributed by atoms with Crippen LogP contribution >= 0.6 is 0 Å². The third kappa shape index (κ3) is 4.97. The van der Waals surface area contributed by atoms with Crippen molar-refractivity contribution in [1.29, 1.82) is 0 Å². The second-order valence-corrected chi connectivity index (χ2v) is 4.63. The number of benzene rings is 1. The van der Waals surface area contributed by atoms with Crippen LogP contribution in [0, 0.1) is 11.6 Å². The van der Waals surface area contributed by atoms with Crippen molar-refractivity contribution in [3.05, 3.63) is 35.4 Å². The number of amides is 1. The van der Waals surface area contributed by atoms with E-state index in [1.165, 1.54) is 6.07 Å². The fourth-order valence-electron chi connectivity index (χ4n) is 2.01. The first kappa shape index (κ1) is 15.6. The molecule has 4 heteroatoms. The molecule has 0 spiro atoms. The lowest BCUT2D eigenvalue weighted by molar-refractivity contribution is -0.131. The van der Waals surface area contributed by atoms with Crippen LogP contribution in [0.2, 0.25) is 0 Å². The molecule has 0 aliphatic carbocycles. The van der Waals surface area contributed by atoms with Crippen molar-refractivity contribution in [3.8, 4) is 0 Å². The topological polar surface area (TPSA) is 20.3 Å². The van der Waals surface area contributed by atoms with Crippen LogP contribution in [0.4, 0.5) is 8.78 Å². The van der Waals surface area contributed by atoms with Crippen molar-refractivity contribution in [2.45, 2.75) is 39.5 Å². The Balaban J connectivity index is 2.54.